The Morgan fingerprint density at radius 2 is 1.86 bits per heavy atom. The van der Waals surface area contributed by atoms with E-state index in [0.717, 1.165) is 32.5 Å². The molecule has 0 aromatic carbocycles. The molecular formula is C17H34N2O2. The fraction of sp³-hybridized carbons (Fsp3) is 0.941. The molecule has 1 fully saturated rings. The molecule has 0 aromatic rings. The van der Waals surface area contributed by atoms with Crippen molar-refractivity contribution in [3.05, 3.63) is 0 Å². The van der Waals surface area contributed by atoms with Gasteiger partial charge in [-0.3, -0.25) is 4.79 Å². The van der Waals surface area contributed by atoms with Crippen LogP contribution in [0.3, 0.4) is 0 Å². The lowest BCUT2D eigenvalue weighted by atomic mass is 9.92. The van der Waals surface area contributed by atoms with Crippen LogP contribution in [-0.2, 0) is 9.53 Å². The number of carbonyl (C=O) groups is 1. The van der Waals surface area contributed by atoms with Gasteiger partial charge in [-0.05, 0) is 66.1 Å². The first-order valence-corrected chi connectivity index (χ1v) is 8.69. The van der Waals surface area contributed by atoms with Crippen molar-refractivity contribution < 1.29 is 9.53 Å². The Kier molecular flexibility index (Phi) is 8.27. The number of ether oxygens (including phenoxy) is 1. The molecule has 1 saturated heterocycles. The minimum atomic E-state index is -0.572. The van der Waals surface area contributed by atoms with Crippen molar-refractivity contribution in [2.75, 3.05) is 26.2 Å². The fourth-order valence-electron chi connectivity index (χ4n) is 3.17. The normalized spacial score (nSPS) is 21.3. The van der Waals surface area contributed by atoms with Crippen molar-refractivity contribution in [2.45, 2.75) is 77.8 Å². The van der Waals surface area contributed by atoms with Crippen molar-refractivity contribution in [2.24, 2.45) is 0 Å². The van der Waals surface area contributed by atoms with Gasteiger partial charge in [0.25, 0.3) is 0 Å². The van der Waals surface area contributed by atoms with E-state index < -0.39 is 5.54 Å². The zero-order valence-electron chi connectivity index (χ0n) is 14.4. The Bertz CT molecular complexity index is 301. The lowest BCUT2D eigenvalue weighted by Gasteiger charge is -2.36. The van der Waals surface area contributed by atoms with Crippen LogP contribution in [0.1, 0.15) is 66.2 Å². The first kappa shape index (κ1) is 18.4. The quantitative estimate of drug-likeness (QED) is 0.700. The molecule has 1 aliphatic heterocycles. The van der Waals surface area contributed by atoms with Gasteiger partial charge < -0.3 is 15.0 Å². The van der Waals surface area contributed by atoms with Crippen LogP contribution in [0.2, 0.25) is 0 Å². The average molecular weight is 298 g/mol. The van der Waals surface area contributed by atoms with Crippen LogP contribution < -0.4 is 5.32 Å². The SMILES string of the molecule is CCCNC(C)(CC(C)N1CCCCCC1)C(=O)OCC. The lowest BCUT2D eigenvalue weighted by Crippen LogP contribution is -2.54. The molecule has 0 amide bonds. The van der Waals surface area contributed by atoms with Gasteiger partial charge in [0, 0.05) is 6.04 Å². The predicted molar refractivity (Wildman–Crippen MR) is 87.5 cm³/mol. The van der Waals surface area contributed by atoms with E-state index in [9.17, 15) is 4.79 Å². The van der Waals surface area contributed by atoms with Gasteiger partial charge in [0.2, 0.25) is 0 Å². The van der Waals surface area contributed by atoms with E-state index in [1.807, 2.05) is 13.8 Å². The molecule has 4 nitrogen and oxygen atoms in total. The van der Waals surface area contributed by atoms with Crippen molar-refractivity contribution in [3.8, 4) is 0 Å². The second-order valence-corrected chi connectivity index (χ2v) is 6.48. The number of nitrogens with zero attached hydrogens (tertiary/aromatic N) is 1. The van der Waals surface area contributed by atoms with Crippen LogP contribution in [0.5, 0.6) is 0 Å². The van der Waals surface area contributed by atoms with Crippen LogP contribution in [0.4, 0.5) is 0 Å². The number of rotatable bonds is 8. The zero-order chi connectivity index (χ0) is 15.7. The largest absolute Gasteiger partial charge is 0.465 e. The molecule has 0 saturated carbocycles. The number of hydrogen-bond donors (Lipinski definition) is 1. The van der Waals surface area contributed by atoms with Gasteiger partial charge in [-0.2, -0.15) is 0 Å². The smallest absolute Gasteiger partial charge is 0.326 e. The maximum absolute atomic E-state index is 12.4. The number of esters is 1. The summed E-state index contributed by atoms with van der Waals surface area (Å²) in [7, 11) is 0. The van der Waals surface area contributed by atoms with Crippen molar-refractivity contribution >= 4 is 5.97 Å². The highest BCUT2D eigenvalue weighted by Crippen LogP contribution is 2.21. The minimum absolute atomic E-state index is 0.111. The molecule has 124 valence electrons. The summed E-state index contributed by atoms with van der Waals surface area (Å²) in [5, 5.41) is 3.41. The molecule has 0 aromatic heterocycles. The van der Waals surface area contributed by atoms with Crippen molar-refractivity contribution in [3.63, 3.8) is 0 Å². The average Bonchev–Trinajstić information content (AvgIpc) is 2.74. The second-order valence-electron chi connectivity index (χ2n) is 6.48. The predicted octanol–water partition coefficient (Wildman–Crippen LogP) is 2.96. The summed E-state index contributed by atoms with van der Waals surface area (Å²) < 4.78 is 5.30. The number of carbonyl (C=O) groups excluding carboxylic acids is 1. The second kappa shape index (κ2) is 9.42. The highest BCUT2D eigenvalue weighted by atomic mass is 16.5. The van der Waals surface area contributed by atoms with Gasteiger partial charge in [0.1, 0.15) is 5.54 Å². The van der Waals surface area contributed by atoms with Gasteiger partial charge in [0.05, 0.1) is 6.61 Å². The van der Waals surface area contributed by atoms with Crippen molar-refractivity contribution in [1.29, 1.82) is 0 Å². The monoisotopic (exact) mass is 298 g/mol. The molecule has 21 heavy (non-hydrogen) atoms. The van der Waals surface area contributed by atoms with Crippen LogP contribution in [0.15, 0.2) is 0 Å². The summed E-state index contributed by atoms with van der Waals surface area (Å²) >= 11 is 0. The highest BCUT2D eigenvalue weighted by Gasteiger charge is 2.36. The van der Waals surface area contributed by atoms with E-state index in [1.54, 1.807) is 0 Å². The van der Waals surface area contributed by atoms with E-state index in [4.69, 9.17) is 4.74 Å². The molecule has 1 heterocycles. The molecule has 0 bridgehead atoms. The third kappa shape index (κ3) is 5.95. The molecule has 1 aliphatic rings. The first-order valence-electron chi connectivity index (χ1n) is 8.69. The Morgan fingerprint density at radius 1 is 1.24 bits per heavy atom. The van der Waals surface area contributed by atoms with E-state index >= 15 is 0 Å². The third-order valence-corrected chi connectivity index (χ3v) is 4.46. The summed E-state index contributed by atoms with van der Waals surface area (Å²) in [6.45, 7) is 11.8. The summed E-state index contributed by atoms with van der Waals surface area (Å²) in [5.74, 6) is -0.111. The van der Waals surface area contributed by atoms with Gasteiger partial charge in [-0.1, -0.05) is 19.8 Å². The molecule has 0 spiro atoms. The van der Waals surface area contributed by atoms with E-state index in [1.165, 1.54) is 25.7 Å². The molecule has 0 aliphatic carbocycles. The Balaban J connectivity index is 2.66. The van der Waals surface area contributed by atoms with Crippen LogP contribution >= 0.6 is 0 Å². The van der Waals surface area contributed by atoms with E-state index in [2.05, 4.69) is 24.1 Å². The zero-order valence-corrected chi connectivity index (χ0v) is 14.4. The van der Waals surface area contributed by atoms with Gasteiger partial charge in [-0.25, -0.2) is 0 Å². The van der Waals surface area contributed by atoms with E-state index in [-0.39, 0.29) is 5.97 Å². The number of hydrogen-bond acceptors (Lipinski definition) is 4. The van der Waals surface area contributed by atoms with Gasteiger partial charge in [0.15, 0.2) is 0 Å². The van der Waals surface area contributed by atoms with Crippen LogP contribution in [0.25, 0.3) is 0 Å². The maximum atomic E-state index is 12.4. The summed E-state index contributed by atoms with van der Waals surface area (Å²) in [6, 6.07) is 0.405. The molecule has 2 atom stereocenters. The summed E-state index contributed by atoms with van der Waals surface area (Å²) in [6.07, 6.45) is 7.07. The van der Waals surface area contributed by atoms with E-state index in [0.29, 0.717) is 12.6 Å². The Hall–Kier alpha value is -0.610. The first-order chi connectivity index (χ1) is 10.0. The highest BCUT2D eigenvalue weighted by molar-refractivity contribution is 5.80. The summed E-state index contributed by atoms with van der Waals surface area (Å²) in [4.78, 5) is 14.9. The number of likely N-dealkylation sites (tertiary alicyclic amines) is 1. The number of nitrogens with one attached hydrogen (secondary N) is 1. The minimum Gasteiger partial charge on any atom is -0.465 e. The Morgan fingerprint density at radius 3 is 2.38 bits per heavy atom. The molecule has 4 heteroatoms. The Labute approximate surface area is 130 Å². The lowest BCUT2D eigenvalue weighted by molar-refractivity contribution is -0.151. The van der Waals surface area contributed by atoms with Crippen LogP contribution in [-0.4, -0.2) is 48.7 Å². The van der Waals surface area contributed by atoms with Crippen molar-refractivity contribution in [1.82, 2.24) is 10.2 Å². The van der Waals surface area contributed by atoms with Crippen LogP contribution in [0, 0.1) is 0 Å². The fourth-order valence-corrected chi connectivity index (χ4v) is 3.17. The van der Waals surface area contributed by atoms with Gasteiger partial charge >= 0.3 is 5.97 Å². The van der Waals surface area contributed by atoms with Gasteiger partial charge in [-0.15, -0.1) is 0 Å². The molecule has 1 N–H and O–H groups in total. The molecule has 0 radical (unpaired) electrons. The molecular weight excluding hydrogens is 264 g/mol. The third-order valence-electron chi connectivity index (χ3n) is 4.46. The maximum Gasteiger partial charge on any atom is 0.326 e. The topological polar surface area (TPSA) is 41.6 Å². The summed E-state index contributed by atoms with van der Waals surface area (Å²) in [5.41, 5.74) is -0.572. The molecule has 1 rings (SSSR count). The standard InChI is InChI=1S/C17H34N2O2/c1-5-11-18-17(4,16(20)21-6-2)14-15(3)19-12-9-7-8-10-13-19/h15,18H,5-14H2,1-4H3. The molecule has 2 unspecified atom stereocenters.